The highest BCUT2D eigenvalue weighted by molar-refractivity contribution is 5.73. The first-order valence-electron chi connectivity index (χ1n) is 6.04. The normalized spacial score (nSPS) is 20.5. The highest BCUT2D eigenvalue weighted by Crippen LogP contribution is 2.30. The predicted octanol–water partition coefficient (Wildman–Crippen LogP) is 1.99. The van der Waals surface area contributed by atoms with Gasteiger partial charge in [-0.1, -0.05) is 25.1 Å². The first-order chi connectivity index (χ1) is 8.15. The Labute approximate surface area is 102 Å². The van der Waals surface area contributed by atoms with Crippen LogP contribution >= 0.6 is 0 Å². The third-order valence-electron chi connectivity index (χ3n) is 3.59. The summed E-state index contributed by atoms with van der Waals surface area (Å²) in [5, 5.41) is 3.42. The fourth-order valence-electron chi connectivity index (χ4n) is 2.59. The van der Waals surface area contributed by atoms with Crippen LogP contribution in [0.2, 0.25) is 0 Å². The maximum Gasteiger partial charge on any atom is 0.310 e. The van der Waals surface area contributed by atoms with Crippen molar-refractivity contribution < 1.29 is 9.53 Å². The van der Waals surface area contributed by atoms with E-state index < -0.39 is 0 Å². The first kappa shape index (κ1) is 12.1. The van der Waals surface area contributed by atoms with Gasteiger partial charge in [0, 0.05) is 6.04 Å². The van der Waals surface area contributed by atoms with Gasteiger partial charge in [0.15, 0.2) is 0 Å². The SMILES string of the molecule is COC(=O)C(C)C1NCCc2c(C)cccc21. The number of benzene rings is 1. The molecular weight excluding hydrogens is 214 g/mol. The Morgan fingerprint density at radius 1 is 1.53 bits per heavy atom. The van der Waals surface area contributed by atoms with Crippen LogP contribution in [0.15, 0.2) is 18.2 Å². The molecule has 1 N–H and O–H groups in total. The second-order valence-corrected chi connectivity index (χ2v) is 4.64. The van der Waals surface area contributed by atoms with Crippen LogP contribution in [0.3, 0.4) is 0 Å². The average molecular weight is 233 g/mol. The average Bonchev–Trinajstić information content (AvgIpc) is 2.37. The lowest BCUT2D eigenvalue weighted by atomic mass is 9.85. The molecular formula is C14H19NO2. The van der Waals surface area contributed by atoms with Gasteiger partial charge in [-0.25, -0.2) is 0 Å². The minimum absolute atomic E-state index is 0.0751. The van der Waals surface area contributed by atoms with E-state index in [2.05, 4.69) is 30.4 Å². The topological polar surface area (TPSA) is 38.3 Å². The molecule has 0 saturated heterocycles. The summed E-state index contributed by atoms with van der Waals surface area (Å²) < 4.78 is 4.83. The predicted molar refractivity (Wildman–Crippen MR) is 66.8 cm³/mol. The maximum atomic E-state index is 11.6. The molecule has 1 aliphatic heterocycles. The lowest BCUT2D eigenvalue weighted by molar-refractivity contribution is -0.146. The lowest BCUT2D eigenvalue weighted by Gasteiger charge is -2.31. The van der Waals surface area contributed by atoms with Gasteiger partial charge in [-0.05, 0) is 36.6 Å². The molecule has 3 nitrogen and oxygen atoms in total. The van der Waals surface area contributed by atoms with E-state index in [1.54, 1.807) is 0 Å². The number of carbonyl (C=O) groups excluding carboxylic acids is 1. The molecule has 2 rings (SSSR count). The summed E-state index contributed by atoms with van der Waals surface area (Å²) in [6.45, 7) is 4.97. The number of hydrogen-bond acceptors (Lipinski definition) is 3. The van der Waals surface area contributed by atoms with Gasteiger partial charge >= 0.3 is 5.97 Å². The standard InChI is InChI=1S/C14H19NO2/c1-9-5-4-6-12-11(9)7-8-15-13(12)10(2)14(16)17-3/h4-6,10,13,15H,7-8H2,1-3H3. The van der Waals surface area contributed by atoms with E-state index in [4.69, 9.17) is 4.74 Å². The molecule has 0 saturated carbocycles. The monoisotopic (exact) mass is 233 g/mol. The summed E-state index contributed by atoms with van der Waals surface area (Å²) in [7, 11) is 1.44. The summed E-state index contributed by atoms with van der Waals surface area (Å²) in [5.41, 5.74) is 3.94. The van der Waals surface area contributed by atoms with Gasteiger partial charge in [-0.2, -0.15) is 0 Å². The summed E-state index contributed by atoms with van der Waals surface area (Å²) in [5.74, 6) is -0.308. The van der Waals surface area contributed by atoms with Crippen LogP contribution in [0.5, 0.6) is 0 Å². The van der Waals surface area contributed by atoms with Crippen molar-refractivity contribution in [3.63, 3.8) is 0 Å². The number of nitrogens with one attached hydrogen (secondary N) is 1. The van der Waals surface area contributed by atoms with E-state index in [9.17, 15) is 4.79 Å². The quantitative estimate of drug-likeness (QED) is 0.794. The fraction of sp³-hybridized carbons (Fsp3) is 0.500. The Morgan fingerprint density at radius 3 is 3.00 bits per heavy atom. The molecule has 0 bridgehead atoms. The molecule has 2 unspecified atom stereocenters. The number of hydrogen-bond donors (Lipinski definition) is 1. The van der Waals surface area contributed by atoms with E-state index in [0.717, 1.165) is 13.0 Å². The largest absolute Gasteiger partial charge is 0.469 e. The van der Waals surface area contributed by atoms with Crippen LogP contribution in [0.25, 0.3) is 0 Å². The molecule has 2 atom stereocenters. The fourth-order valence-corrected chi connectivity index (χ4v) is 2.59. The Bertz CT molecular complexity index is 428. The van der Waals surface area contributed by atoms with Crippen LogP contribution in [-0.4, -0.2) is 19.6 Å². The van der Waals surface area contributed by atoms with Crippen molar-refractivity contribution in [1.82, 2.24) is 5.32 Å². The molecule has 0 aromatic heterocycles. The van der Waals surface area contributed by atoms with Gasteiger partial charge in [0.25, 0.3) is 0 Å². The smallest absolute Gasteiger partial charge is 0.310 e. The molecule has 0 aliphatic carbocycles. The molecule has 1 aromatic carbocycles. The van der Waals surface area contributed by atoms with Crippen molar-refractivity contribution in [2.45, 2.75) is 26.3 Å². The Balaban J connectivity index is 2.35. The third-order valence-corrected chi connectivity index (χ3v) is 3.59. The van der Waals surface area contributed by atoms with Gasteiger partial charge in [0.1, 0.15) is 0 Å². The maximum absolute atomic E-state index is 11.6. The molecule has 17 heavy (non-hydrogen) atoms. The number of rotatable bonds is 2. The minimum Gasteiger partial charge on any atom is -0.469 e. The number of methoxy groups -OCH3 is 1. The Kier molecular flexibility index (Phi) is 3.48. The zero-order chi connectivity index (χ0) is 12.4. The van der Waals surface area contributed by atoms with Crippen LogP contribution < -0.4 is 5.32 Å². The molecule has 1 aliphatic rings. The van der Waals surface area contributed by atoms with Gasteiger partial charge in [0.05, 0.1) is 13.0 Å². The third kappa shape index (κ3) is 2.20. The van der Waals surface area contributed by atoms with Crippen LogP contribution in [0.4, 0.5) is 0 Å². The Hall–Kier alpha value is -1.35. The first-order valence-corrected chi connectivity index (χ1v) is 6.04. The molecule has 0 radical (unpaired) electrons. The molecule has 1 aromatic rings. The van der Waals surface area contributed by atoms with Crippen molar-refractivity contribution in [2.24, 2.45) is 5.92 Å². The second kappa shape index (κ2) is 4.88. The Morgan fingerprint density at radius 2 is 2.29 bits per heavy atom. The van der Waals surface area contributed by atoms with Gasteiger partial charge in [0.2, 0.25) is 0 Å². The summed E-state index contributed by atoms with van der Waals surface area (Å²) in [4.78, 5) is 11.6. The van der Waals surface area contributed by atoms with E-state index in [-0.39, 0.29) is 17.9 Å². The molecule has 1 heterocycles. The van der Waals surface area contributed by atoms with E-state index in [1.165, 1.54) is 23.8 Å². The molecule has 3 heteroatoms. The van der Waals surface area contributed by atoms with Crippen molar-refractivity contribution in [1.29, 1.82) is 0 Å². The highest BCUT2D eigenvalue weighted by atomic mass is 16.5. The number of aryl methyl sites for hydroxylation is 1. The van der Waals surface area contributed by atoms with Gasteiger partial charge < -0.3 is 10.1 Å². The van der Waals surface area contributed by atoms with Crippen LogP contribution in [0, 0.1) is 12.8 Å². The molecule has 92 valence electrons. The van der Waals surface area contributed by atoms with E-state index in [0.29, 0.717) is 0 Å². The van der Waals surface area contributed by atoms with Crippen molar-refractivity contribution in [3.05, 3.63) is 34.9 Å². The lowest BCUT2D eigenvalue weighted by Crippen LogP contribution is -2.37. The molecule has 0 spiro atoms. The van der Waals surface area contributed by atoms with Gasteiger partial charge in [-0.3, -0.25) is 4.79 Å². The molecule has 0 amide bonds. The second-order valence-electron chi connectivity index (χ2n) is 4.64. The molecule has 0 fully saturated rings. The van der Waals surface area contributed by atoms with Crippen molar-refractivity contribution in [3.8, 4) is 0 Å². The number of esters is 1. The summed E-state index contributed by atoms with van der Waals surface area (Å²) in [6.07, 6.45) is 1.03. The van der Waals surface area contributed by atoms with Crippen molar-refractivity contribution >= 4 is 5.97 Å². The summed E-state index contributed by atoms with van der Waals surface area (Å²) >= 11 is 0. The van der Waals surface area contributed by atoms with E-state index in [1.807, 2.05) is 6.92 Å². The number of ether oxygens (including phenoxy) is 1. The number of carbonyl (C=O) groups is 1. The van der Waals surface area contributed by atoms with Crippen LogP contribution in [-0.2, 0) is 16.0 Å². The van der Waals surface area contributed by atoms with Crippen LogP contribution in [0.1, 0.15) is 29.7 Å². The zero-order valence-electron chi connectivity index (χ0n) is 10.6. The number of fused-ring (bicyclic) bond motifs is 1. The van der Waals surface area contributed by atoms with E-state index >= 15 is 0 Å². The summed E-state index contributed by atoms with van der Waals surface area (Å²) in [6, 6.07) is 6.37. The van der Waals surface area contributed by atoms with Gasteiger partial charge in [-0.15, -0.1) is 0 Å². The highest BCUT2D eigenvalue weighted by Gasteiger charge is 2.30. The van der Waals surface area contributed by atoms with Crippen molar-refractivity contribution in [2.75, 3.05) is 13.7 Å². The zero-order valence-corrected chi connectivity index (χ0v) is 10.6. The minimum atomic E-state index is -0.156.